The maximum absolute atomic E-state index is 11.4. The minimum atomic E-state index is -0.837. The summed E-state index contributed by atoms with van der Waals surface area (Å²) >= 11 is 13.2. The van der Waals surface area contributed by atoms with Crippen LogP contribution in [0.5, 0.6) is 0 Å². The van der Waals surface area contributed by atoms with Gasteiger partial charge in [0.05, 0.1) is 11.1 Å². The maximum atomic E-state index is 11.4. The van der Waals surface area contributed by atoms with Crippen molar-refractivity contribution in [2.24, 2.45) is 0 Å². The van der Waals surface area contributed by atoms with Crippen LogP contribution in [0.25, 0.3) is 16.3 Å². The first-order valence-corrected chi connectivity index (χ1v) is 12.1. The molecule has 4 rings (SSSR count). The number of anilines is 1. The van der Waals surface area contributed by atoms with Crippen LogP contribution in [-0.2, 0) is 4.79 Å². The van der Waals surface area contributed by atoms with Crippen molar-refractivity contribution in [3.05, 3.63) is 44.2 Å². The van der Waals surface area contributed by atoms with Gasteiger partial charge in [-0.1, -0.05) is 46.0 Å². The molecule has 0 aliphatic carbocycles. The number of halogens is 1. The highest BCUT2D eigenvalue weighted by molar-refractivity contribution is 9.10. The number of rotatable bonds is 5. The summed E-state index contributed by atoms with van der Waals surface area (Å²) in [5, 5.41) is 14.4. The molecule has 140 valence electrons. The van der Waals surface area contributed by atoms with E-state index in [1.54, 1.807) is 34.4 Å². The topological polar surface area (TPSA) is 44.4 Å². The van der Waals surface area contributed by atoms with Gasteiger partial charge in [0, 0.05) is 21.9 Å². The van der Waals surface area contributed by atoms with Crippen LogP contribution < -0.4 is 9.47 Å². The van der Waals surface area contributed by atoms with Crippen molar-refractivity contribution in [1.82, 2.24) is 0 Å². The fourth-order valence-corrected chi connectivity index (χ4v) is 7.05. The molecular formula is C18H16BrN2O2S4+. The fourth-order valence-electron chi connectivity index (χ4n) is 2.96. The van der Waals surface area contributed by atoms with Crippen LogP contribution in [0.4, 0.5) is 5.00 Å². The number of thiophene rings is 1. The van der Waals surface area contributed by atoms with Gasteiger partial charge in [0.2, 0.25) is 10.9 Å². The second kappa shape index (κ2) is 7.79. The lowest BCUT2D eigenvalue weighted by Crippen LogP contribution is -2.37. The van der Waals surface area contributed by atoms with Gasteiger partial charge in [0.1, 0.15) is 16.2 Å². The number of carbonyl (C=O) groups is 1. The van der Waals surface area contributed by atoms with Crippen LogP contribution >= 0.6 is 63.0 Å². The number of hydrogen-bond donors (Lipinski definition) is 2. The quantitative estimate of drug-likeness (QED) is 0.341. The monoisotopic (exact) mass is 499 g/mol. The van der Waals surface area contributed by atoms with Crippen LogP contribution in [0.2, 0.25) is 0 Å². The lowest BCUT2D eigenvalue weighted by molar-refractivity contribution is -0.671. The van der Waals surface area contributed by atoms with E-state index in [4.69, 9.17) is 12.6 Å². The first-order chi connectivity index (χ1) is 13.0. The number of aromatic nitrogens is 1. The Morgan fingerprint density at radius 1 is 1.44 bits per heavy atom. The molecule has 0 saturated carbocycles. The predicted molar refractivity (Wildman–Crippen MR) is 121 cm³/mol. The molecule has 0 amide bonds. The van der Waals surface area contributed by atoms with Gasteiger partial charge in [0.25, 0.3) is 5.01 Å². The Kier molecular flexibility index (Phi) is 5.57. The van der Waals surface area contributed by atoms with E-state index in [1.807, 2.05) is 22.4 Å². The molecular weight excluding hydrogens is 484 g/mol. The number of thiol groups is 1. The average molecular weight is 501 g/mol. The molecule has 27 heavy (non-hydrogen) atoms. The summed E-state index contributed by atoms with van der Waals surface area (Å²) in [7, 11) is 0. The highest BCUT2D eigenvalue weighted by Gasteiger charge is 2.31. The standard InChI is InChI=1S/C18H15BrN2O2S4/c1-2-14(24)21-11-7-10(19)3-4-12(11)26-16(21)8-15-20(9-17(22)23)18-13(27-15)5-6-25-18/h3-8,14H,2,9H2,1H3,(H-,22,23,24)/p+1. The summed E-state index contributed by atoms with van der Waals surface area (Å²) in [6, 6.07) is 8.30. The van der Waals surface area contributed by atoms with E-state index in [2.05, 4.69) is 45.6 Å². The molecule has 0 fully saturated rings. The largest absolute Gasteiger partial charge is 0.480 e. The number of fused-ring (bicyclic) bond motifs is 2. The third-order valence-electron chi connectivity index (χ3n) is 4.17. The molecule has 1 aliphatic heterocycles. The first kappa shape index (κ1) is 19.3. The van der Waals surface area contributed by atoms with Crippen LogP contribution in [-0.4, -0.2) is 17.6 Å². The molecule has 1 aromatic carbocycles. The van der Waals surface area contributed by atoms with Crippen molar-refractivity contribution in [2.75, 3.05) is 11.4 Å². The number of nitrogens with zero attached hydrogens (tertiary/aromatic N) is 2. The normalized spacial score (nSPS) is 16.3. The predicted octanol–water partition coefficient (Wildman–Crippen LogP) is 5.85. The summed E-state index contributed by atoms with van der Waals surface area (Å²) in [6.45, 7) is 2.07. The Hall–Kier alpha value is -1.00. The second-order valence-electron chi connectivity index (χ2n) is 5.97. The molecule has 0 saturated heterocycles. The Morgan fingerprint density at radius 3 is 3.00 bits per heavy atom. The third kappa shape index (κ3) is 3.67. The Bertz CT molecular complexity index is 1060. The number of hydrogen-bond acceptors (Lipinski definition) is 6. The van der Waals surface area contributed by atoms with E-state index in [-0.39, 0.29) is 11.9 Å². The summed E-state index contributed by atoms with van der Waals surface area (Å²) in [4.78, 5) is 14.4. The molecule has 0 bridgehead atoms. The zero-order valence-corrected chi connectivity index (χ0v) is 19.2. The molecule has 3 heterocycles. The minimum absolute atomic E-state index is 0.0408. The van der Waals surface area contributed by atoms with E-state index in [9.17, 15) is 9.90 Å². The van der Waals surface area contributed by atoms with Crippen LogP contribution in [0, 0.1) is 0 Å². The third-order valence-corrected chi connectivity index (χ3v) is 8.51. The Balaban J connectivity index is 1.84. The van der Waals surface area contributed by atoms with Gasteiger partial charge in [-0.15, -0.1) is 24.0 Å². The number of carboxylic acid groups (broad SMARTS) is 1. The van der Waals surface area contributed by atoms with Crippen LogP contribution in [0.15, 0.2) is 44.0 Å². The highest BCUT2D eigenvalue weighted by Crippen LogP contribution is 2.49. The van der Waals surface area contributed by atoms with Crippen molar-refractivity contribution in [3.63, 3.8) is 0 Å². The molecule has 1 N–H and O–H groups in total. The zero-order valence-electron chi connectivity index (χ0n) is 14.3. The van der Waals surface area contributed by atoms with Gasteiger partial charge in [-0.3, -0.25) is 4.79 Å². The molecule has 1 unspecified atom stereocenters. The molecule has 1 aliphatic rings. The molecule has 1 atom stereocenters. The van der Waals surface area contributed by atoms with Crippen LogP contribution in [0.1, 0.15) is 23.7 Å². The van der Waals surface area contributed by atoms with E-state index in [0.29, 0.717) is 0 Å². The zero-order chi connectivity index (χ0) is 19.1. The highest BCUT2D eigenvalue weighted by atomic mass is 79.9. The van der Waals surface area contributed by atoms with E-state index in [1.165, 1.54) is 4.70 Å². The van der Waals surface area contributed by atoms with Gasteiger partial charge >= 0.3 is 5.97 Å². The summed E-state index contributed by atoms with van der Waals surface area (Å²) in [5.41, 5.74) is 1.13. The lowest BCUT2D eigenvalue weighted by Gasteiger charge is -2.16. The fraction of sp³-hybridized carbons (Fsp3) is 0.222. The van der Waals surface area contributed by atoms with Crippen LogP contribution in [0.3, 0.4) is 0 Å². The average Bonchev–Trinajstić information content (AvgIpc) is 3.29. The molecule has 0 radical (unpaired) electrons. The van der Waals surface area contributed by atoms with E-state index < -0.39 is 5.97 Å². The first-order valence-electron chi connectivity index (χ1n) is 8.26. The van der Waals surface area contributed by atoms with E-state index in [0.717, 1.165) is 36.3 Å². The molecule has 2 aromatic heterocycles. The van der Waals surface area contributed by atoms with Gasteiger partial charge in [-0.05, 0) is 23.6 Å². The summed E-state index contributed by atoms with van der Waals surface area (Å²) < 4.78 is 4.44. The van der Waals surface area contributed by atoms with Gasteiger partial charge < -0.3 is 10.0 Å². The molecule has 0 spiro atoms. The summed E-state index contributed by atoms with van der Waals surface area (Å²) in [5.74, 6) is -0.837. The minimum Gasteiger partial charge on any atom is -0.480 e. The number of carboxylic acids is 1. The van der Waals surface area contributed by atoms with Crippen molar-refractivity contribution < 1.29 is 14.5 Å². The van der Waals surface area contributed by atoms with Gasteiger partial charge in [-0.25, -0.2) is 0 Å². The van der Waals surface area contributed by atoms with Gasteiger partial charge in [0.15, 0.2) is 0 Å². The maximum Gasteiger partial charge on any atom is 0.323 e. The SMILES string of the molecule is CCC(S)[n+]1c(C=C2Sc3ccsc3N2CC(=O)O)sc2ccc(Br)cc21. The number of thioether (sulfide) groups is 1. The van der Waals surface area contributed by atoms with Crippen molar-refractivity contribution in [3.8, 4) is 0 Å². The van der Waals surface area contributed by atoms with Crippen molar-refractivity contribution in [2.45, 2.75) is 23.6 Å². The van der Waals surface area contributed by atoms with E-state index >= 15 is 0 Å². The Labute approximate surface area is 183 Å². The molecule has 9 heteroatoms. The molecule has 4 nitrogen and oxygen atoms in total. The number of aliphatic carboxylic acids is 1. The smallest absolute Gasteiger partial charge is 0.323 e. The van der Waals surface area contributed by atoms with Gasteiger partial charge in [-0.2, -0.15) is 4.57 Å². The Morgan fingerprint density at radius 2 is 2.26 bits per heavy atom. The number of benzene rings is 1. The lowest BCUT2D eigenvalue weighted by atomic mass is 10.3. The van der Waals surface area contributed by atoms with Crippen molar-refractivity contribution in [1.29, 1.82) is 0 Å². The summed E-state index contributed by atoms with van der Waals surface area (Å²) in [6.07, 6.45) is 2.99. The molecule has 3 aromatic rings. The van der Waals surface area contributed by atoms with Crippen molar-refractivity contribution >= 4 is 90.3 Å². The number of thiazole rings is 1. The second-order valence-corrected chi connectivity index (χ2v) is 10.5.